The predicted octanol–water partition coefficient (Wildman–Crippen LogP) is 4.96. The summed E-state index contributed by atoms with van der Waals surface area (Å²) in [5.41, 5.74) is -8.12. The molecule has 0 radical (unpaired) electrons. The maximum absolute atomic E-state index is 15.4. The van der Waals surface area contributed by atoms with Crippen LogP contribution >= 0.6 is 0 Å². The third kappa shape index (κ3) is 6.79. The first-order valence-corrected chi connectivity index (χ1v) is 11.9. The highest BCUT2D eigenvalue weighted by molar-refractivity contribution is 5.79. The van der Waals surface area contributed by atoms with Crippen LogP contribution in [-0.2, 0) is 29.9 Å². The van der Waals surface area contributed by atoms with Crippen molar-refractivity contribution in [1.82, 2.24) is 25.3 Å². The Morgan fingerprint density at radius 2 is 1.57 bits per heavy atom. The second-order valence-corrected chi connectivity index (χ2v) is 9.17. The molecule has 0 saturated carbocycles. The van der Waals surface area contributed by atoms with Crippen molar-refractivity contribution in [2.75, 3.05) is 18.0 Å². The molecule has 0 spiro atoms. The van der Waals surface area contributed by atoms with Crippen LogP contribution in [0.5, 0.6) is 0 Å². The molecule has 1 amide bonds. The van der Waals surface area contributed by atoms with Gasteiger partial charge in [0.05, 0.1) is 23.5 Å². The zero-order chi connectivity index (χ0) is 31.0. The van der Waals surface area contributed by atoms with Crippen LogP contribution in [0, 0.1) is 11.7 Å². The van der Waals surface area contributed by atoms with Crippen molar-refractivity contribution in [2.24, 2.45) is 5.92 Å². The zero-order valence-electron chi connectivity index (χ0n) is 20.9. The third-order valence-corrected chi connectivity index (χ3v) is 6.37. The smallest absolute Gasteiger partial charge is 0.355 e. The van der Waals surface area contributed by atoms with Gasteiger partial charge in [-0.3, -0.25) is 9.59 Å². The Bertz CT molecular complexity index is 1510. The van der Waals surface area contributed by atoms with Crippen molar-refractivity contribution in [3.05, 3.63) is 69.3 Å². The summed E-state index contributed by atoms with van der Waals surface area (Å²) in [6.45, 7) is -0.249. The van der Waals surface area contributed by atoms with Crippen molar-refractivity contribution in [2.45, 2.75) is 37.9 Å². The molecule has 0 unspecified atom stereocenters. The first kappa shape index (κ1) is 30.7. The van der Waals surface area contributed by atoms with Crippen LogP contribution in [0.25, 0.3) is 11.4 Å². The van der Waals surface area contributed by atoms with E-state index in [2.05, 4.69) is 20.3 Å². The van der Waals surface area contributed by atoms with E-state index in [1.165, 1.54) is 0 Å². The number of piperidine rings is 1. The highest BCUT2D eigenvalue weighted by atomic mass is 19.4. The molecule has 18 heteroatoms. The van der Waals surface area contributed by atoms with E-state index in [1.807, 2.05) is 0 Å². The monoisotopic (exact) mass is 612 g/mol. The summed E-state index contributed by atoms with van der Waals surface area (Å²) in [5, 5.41) is 2.37. The normalized spacial score (nSPS) is 15.1. The topological polar surface area (TPSA) is 104 Å². The summed E-state index contributed by atoms with van der Waals surface area (Å²) >= 11 is 0. The number of carbonyl (C=O) groups is 1. The minimum atomic E-state index is -5.24. The average Bonchev–Trinajstić information content (AvgIpc) is 2.90. The van der Waals surface area contributed by atoms with Crippen LogP contribution in [0.2, 0.25) is 0 Å². The van der Waals surface area contributed by atoms with Crippen LogP contribution in [0.1, 0.15) is 35.4 Å². The molecule has 2 aromatic heterocycles. The van der Waals surface area contributed by atoms with Crippen molar-refractivity contribution in [3.63, 3.8) is 0 Å². The maximum atomic E-state index is 15.4. The SMILES string of the molecule is O=C(NCc1ccc(C(F)(F)F)c(-c2nc(C(F)(F)F)cc(=O)[nH]2)c1F)C1CCN(c2cnc(C(F)(F)F)cn2)CC1. The molecule has 226 valence electrons. The number of amides is 1. The number of aromatic nitrogens is 4. The van der Waals surface area contributed by atoms with Crippen LogP contribution in [-0.4, -0.2) is 38.9 Å². The van der Waals surface area contributed by atoms with E-state index >= 15 is 4.39 Å². The molecular weight excluding hydrogens is 594 g/mol. The van der Waals surface area contributed by atoms with E-state index in [1.54, 1.807) is 9.88 Å². The molecule has 1 saturated heterocycles. The molecule has 42 heavy (non-hydrogen) atoms. The Morgan fingerprint density at radius 3 is 2.12 bits per heavy atom. The Balaban J connectivity index is 1.49. The van der Waals surface area contributed by atoms with Gasteiger partial charge >= 0.3 is 18.5 Å². The molecule has 3 aromatic rings. The summed E-state index contributed by atoms with van der Waals surface area (Å²) in [6.07, 6.45) is -13.2. The summed E-state index contributed by atoms with van der Waals surface area (Å²) in [5.74, 6) is -4.06. The minimum absolute atomic E-state index is 0.00812. The summed E-state index contributed by atoms with van der Waals surface area (Å²) in [4.78, 5) is 37.8. The number of benzene rings is 1. The number of hydrogen-bond acceptors (Lipinski definition) is 6. The van der Waals surface area contributed by atoms with Crippen LogP contribution in [0.15, 0.2) is 35.4 Å². The Labute approximate surface area is 228 Å². The maximum Gasteiger partial charge on any atom is 0.434 e. The van der Waals surface area contributed by atoms with E-state index in [-0.39, 0.29) is 37.8 Å². The van der Waals surface area contributed by atoms with Gasteiger partial charge < -0.3 is 15.2 Å². The van der Waals surface area contributed by atoms with Crippen LogP contribution < -0.4 is 15.8 Å². The lowest BCUT2D eigenvalue weighted by Gasteiger charge is -2.32. The first-order chi connectivity index (χ1) is 19.4. The van der Waals surface area contributed by atoms with Crippen molar-refractivity contribution in [3.8, 4) is 11.4 Å². The number of alkyl halides is 9. The lowest BCUT2D eigenvalue weighted by Crippen LogP contribution is -2.40. The van der Waals surface area contributed by atoms with Gasteiger partial charge in [0.15, 0.2) is 11.4 Å². The molecule has 1 aliphatic rings. The number of halogens is 10. The number of anilines is 1. The molecule has 3 heterocycles. The second-order valence-electron chi connectivity index (χ2n) is 9.17. The van der Waals surface area contributed by atoms with E-state index in [0.29, 0.717) is 18.3 Å². The standard InChI is InChI=1S/C24H18F10N6O2/c25-19-12(1-2-13(22(26,27)28)18(19)20-38-14(23(29,30)31)7-17(41)39-20)8-37-21(42)11-3-5-40(6-4-11)16-10-35-15(9-36-16)24(32,33)34/h1-2,7,9-11H,3-6,8H2,(H,37,42)(H,38,39,41). The van der Waals surface area contributed by atoms with E-state index in [4.69, 9.17) is 0 Å². The quantitative estimate of drug-likeness (QED) is 0.396. The number of nitrogens with one attached hydrogen (secondary N) is 2. The average molecular weight is 612 g/mol. The molecule has 1 fully saturated rings. The van der Waals surface area contributed by atoms with Gasteiger partial charge in [0.2, 0.25) is 5.91 Å². The summed E-state index contributed by atoms with van der Waals surface area (Å²) < 4.78 is 134. The Morgan fingerprint density at radius 1 is 0.929 bits per heavy atom. The molecule has 4 rings (SSSR count). The van der Waals surface area contributed by atoms with Gasteiger partial charge in [0.1, 0.15) is 17.5 Å². The fraction of sp³-hybridized carbons (Fsp3) is 0.375. The largest absolute Gasteiger partial charge is 0.434 e. The lowest BCUT2D eigenvalue weighted by molar-refractivity contribution is -0.142. The van der Waals surface area contributed by atoms with Crippen LogP contribution in [0.4, 0.5) is 49.7 Å². The van der Waals surface area contributed by atoms with E-state index < -0.39 is 82.2 Å². The Hall–Kier alpha value is -4.25. The number of hydrogen-bond donors (Lipinski definition) is 2. The van der Waals surface area contributed by atoms with Gasteiger partial charge in [0, 0.05) is 37.2 Å². The molecular formula is C24H18F10N6O2. The number of H-pyrrole nitrogens is 1. The van der Waals surface area contributed by atoms with Gasteiger partial charge in [-0.25, -0.2) is 19.3 Å². The highest BCUT2D eigenvalue weighted by Gasteiger charge is 2.39. The molecule has 1 aromatic carbocycles. The second kappa shape index (κ2) is 11.2. The summed E-state index contributed by atoms with van der Waals surface area (Å²) in [7, 11) is 0. The molecule has 0 aliphatic carbocycles. The van der Waals surface area contributed by atoms with Crippen LogP contribution in [0.3, 0.4) is 0 Å². The highest BCUT2D eigenvalue weighted by Crippen LogP contribution is 2.39. The molecule has 8 nitrogen and oxygen atoms in total. The molecule has 2 N–H and O–H groups in total. The summed E-state index contributed by atoms with van der Waals surface area (Å²) in [6, 6.07) is 1.09. The molecule has 1 aliphatic heterocycles. The number of aromatic amines is 1. The fourth-order valence-corrected chi connectivity index (χ4v) is 4.27. The van der Waals surface area contributed by atoms with Gasteiger partial charge in [-0.2, -0.15) is 39.5 Å². The van der Waals surface area contributed by atoms with Gasteiger partial charge in [-0.1, -0.05) is 6.07 Å². The van der Waals surface area contributed by atoms with Gasteiger partial charge in [-0.15, -0.1) is 0 Å². The zero-order valence-corrected chi connectivity index (χ0v) is 20.9. The minimum Gasteiger partial charge on any atom is -0.355 e. The van der Waals surface area contributed by atoms with Crippen molar-refractivity contribution < 1.29 is 48.7 Å². The first-order valence-electron chi connectivity index (χ1n) is 11.9. The van der Waals surface area contributed by atoms with Crippen molar-refractivity contribution >= 4 is 11.7 Å². The molecule has 0 atom stereocenters. The third-order valence-electron chi connectivity index (χ3n) is 6.37. The Kier molecular flexibility index (Phi) is 8.19. The molecule has 0 bridgehead atoms. The lowest BCUT2D eigenvalue weighted by atomic mass is 9.95. The van der Waals surface area contributed by atoms with Gasteiger partial charge in [0.25, 0.3) is 5.56 Å². The number of nitrogens with zero attached hydrogens (tertiary/aromatic N) is 4. The van der Waals surface area contributed by atoms with Crippen molar-refractivity contribution in [1.29, 1.82) is 0 Å². The van der Waals surface area contributed by atoms with E-state index in [0.717, 1.165) is 6.20 Å². The predicted molar refractivity (Wildman–Crippen MR) is 124 cm³/mol. The fourth-order valence-electron chi connectivity index (χ4n) is 4.27. The van der Waals surface area contributed by atoms with E-state index in [9.17, 15) is 49.1 Å². The van der Waals surface area contributed by atoms with Gasteiger partial charge in [-0.05, 0) is 18.9 Å². The number of carbonyl (C=O) groups excluding carboxylic acids is 1. The number of rotatable bonds is 5.